The zero-order valence-electron chi connectivity index (χ0n) is 9.87. The fraction of sp³-hybridized carbons (Fsp3) is 0.143. The summed E-state index contributed by atoms with van der Waals surface area (Å²) >= 11 is 0. The number of hydrogen-bond acceptors (Lipinski definition) is 3. The molecule has 0 fully saturated rings. The molecular weight excluding hydrogens is 228 g/mol. The average molecular weight is 242 g/mol. The molecule has 0 bridgehead atoms. The van der Waals surface area contributed by atoms with Crippen molar-refractivity contribution in [1.29, 1.82) is 0 Å². The van der Waals surface area contributed by atoms with E-state index >= 15 is 0 Å². The maximum atomic E-state index is 11.7. The molecule has 1 aromatic heterocycles. The molecule has 0 aliphatic rings. The van der Waals surface area contributed by atoms with Crippen LogP contribution in [-0.4, -0.2) is 25.2 Å². The highest BCUT2D eigenvalue weighted by molar-refractivity contribution is 5.94. The summed E-state index contributed by atoms with van der Waals surface area (Å²) in [7, 11) is 0. The smallest absolute Gasteiger partial charge is 0.251 e. The van der Waals surface area contributed by atoms with Gasteiger partial charge in [-0.2, -0.15) is 0 Å². The predicted molar refractivity (Wildman–Crippen MR) is 69.9 cm³/mol. The SMILES string of the molecule is O=C(NCCN=Cc1ccco1)c1ccccc1. The van der Waals surface area contributed by atoms with E-state index in [0.717, 1.165) is 0 Å². The zero-order valence-corrected chi connectivity index (χ0v) is 9.87. The molecule has 0 aliphatic heterocycles. The highest BCUT2D eigenvalue weighted by atomic mass is 16.3. The van der Waals surface area contributed by atoms with Crippen molar-refractivity contribution in [3.05, 3.63) is 60.1 Å². The third-order valence-corrected chi connectivity index (χ3v) is 2.32. The van der Waals surface area contributed by atoms with Gasteiger partial charge in [-0.3, -0.25) is 9.79 Å². The van der Waals surface area contributed by atoms with Crippen LogP contribution in [0.2, 0.25) is 0 Å². The summed E-state index contributed by atoms with van der Waals surface area (Å²) in [6.07, 6.45) is 3.24. The maximum absolute atomic E-state index is 11.7. The van der Waals surface area contributed by atoms with Crippen LogP contribution < -0.4 is 5.32 Å². The van der Waals surface area contributed by atoms with E-state index in [2.05, 4.69) is 10.3 Å². The van der Waals surface area contributed by atoms with E-state index in [1.165, 1.54) is 0 Å². The van der Waals surface area contributed by atoms with Crippen molar-refractivity contribution in [3.63, 3.8) is 0 Å². The second kappa shape index (κ2) is 6.39. The molecule has 18 heavy (non-hydrogen) atoms. The summed E-state index contributed by atoms with van der Waals surface area (Å²) < 4.78 is 5.09. The van der Waals surface area contributed by atoms with E-state index in [9.17, 15) is 4.79 Å². The van der Waals surface area contributed by atoms with Crippen LogP contribution in [0.25, 0.3) is 0 Å². The van der Waals surface area contributed by atoms with E-state index in [1.807, 2.05) is 24.3 Å². The average Bonchev–Trinajstić information content (AvgIpc) is 2.92. The Morgan fingerprint density at radius 3 is 2.78 bits per heavy atom. The monoisotopic (exact) mass is 242 g/mol. The van der Waals surface area contributed by atoms with Crippen LogP contribution in [0.3, 0.4) is 0 Å². The fourth-order valence-corrected chi connectivity index (χ4v) is 1.44. The van der Waals surface area contributed by atoms with E-state index in [4.69, 9.17) is 4.42 Å². The Balaban J connectivity index is 1.71. The number of rotatable bonds is 5. The number of carbonyl (C=O) groups excluding carboxylic acids is 1. The van der Waals surface area contributed by atoms with E-state index in [-0.39, 0.29) is 5.91 Å². The van der Waals surface area contributed by atoms with Gasteiger partial charge in [0, 0.05) is 12.1 Å². The number of benzene rings is 1. The van der Waals surface area contributed by atoms with Gasteiger partial charge in [-0.1, -0.05) is 18.2 Å². The molecule has 0 spiro atoms. The standard InChI is InChI=1S/C14H14N2O2/c17-14(12-5-2-1-3-6-12)16-9-8-15-11-13-7-4-10-18-13/h1-7,10-11H,8-9H2,(H,16,17). The maximum Gasteiger partial charge on any atom is 0.251 e. The van der Waals surface area contributed by atoms with Gasteiger partial charge in [0.25, 0.3) is 5.91 Å². The van der Waals surface area contributed by atoms with Gasteiger partial charge in [-0.25, -0.2) is 0 Å². The summed E-state index contributed by atoms with van der Waals surface area (Å²) in [6.45, 7) is 1.03. The first-order valence-corrected chi connectivity index (χ1v) is 5.73. The topological polar surface area (TPSA) is 54.6 Å². The molecule has 0 unspecified atom stereocenters. The molecule has 0 aliphatic carbocycles. The van der Waals surface area contributed by atoms with Crippen LogP contribution in [0.5, 0.6) is 0 Å². The van der Waals surface area contributed by atoms with Crippen molar-refractivity contribution < 1.29 is 9.21 Å². The van der Waals surface area contributed by atoms with Crippen LogP contribution in [0.1, 0.15) is 16.1 Å². The van der Waals surface area contributed by atoms with Gasteiger partial charge in [0.2, 0.25) is 0 Å². The van der Waals surface area contributed by atoms with E-state index in [1.54, 1.807) is 30.7 Å². The highest BCUT2D eigenvalue weighted by Gasteiger charge is 2.01. The molecule has 0 saturated heterocycles. The molecule has 4 nitrogen and oxygen atoms in total. The zero-order chi connectivity index (χ0) is 12.6. The summed E-state index contributed by atoms with van der Waals surface area (Å²) in [4.78, 5) is 15.8. The van der Waals surface area contributed by atoms with Gasteiger partial charge in [0.05, 0.1) is 19.0 Å². The van der Waals surface area contributed by atoms with Crippen molar-refractivity contribution in [2.45, 2.75) is 0 Å². The van der Waals surface area contributed by atoms with Crippen LogP contribution >= 0.6 is 0 Å². The Morgan fingerprint density at radius 2 is 2.06 bits per heavy atom. The Hall–Kier alpha value is -2.36. The molecule has 0 radical (unpaired) electrons. The fourth-order valence-electron chi connectivity index (χ4n) is 1.44. The van der Waals surface area contributed by atoms with Crippen molar-refractivity contribution in [1.82, 2.24) is 5.32 Å². The lowest BCUT2D eigenvalue weighted by Gasteiger charge is -2.02. The number of hydrogen-bond donors (Lipinski definition) is 1. The van der Waals surface area contributed by atoms with Crippen molar-refractivity contribution in [2.75, 3.05) is 13.1 Å². The summed E-state index contributed by atoms with van der Waals surface area (Å²) in [5.74, 6) is 0.633. The summed E-state index contributed by atoms with van der Waals surface area (Å²) in [5, 5.41) is 2.80. The number of nitrogens with one attached hydrogen (secondary N) is 1. The summed E-state index contributed by atoms with van der Waals surface area (Å²) in [6, 6.07) is 12.7. The number of nitrogens with zero attached hydrogens (tertiary/aromatic N) is 1. The summed E-state index contributed by atoms with van der Waals surface area (Å²) in [5.41, 5.74) is 0.660. The van der Waals surface area contributed by atoms with Crippen molar-refractivity contribution >= 4 is 12.1 Å². The molecule has 4 heteroatoms. The first-order valence-electron chi connectivity index (χ1n) is 5.73. The molecule has 1 amide bonds. The lowest BCUT2D eigenvalue weighted by atomic mass is 10.2. The third-order valence-electron chi connectivity index (χ3n) is 2.32. The van der Waals surface area contributed by atoms with Crippen LogP contribution in [0, 0.1) is 0 Å². The lowest BCUT2D eigenvalue weighted by molar-refractivity contribution is 0.0955. The van der Waals surface area contributed by atoms with Crippen molar-refractivity contribution in [3.8, 4) is 0 Å². The minimum Gasteiger partial charge on any atom is -0.463 e. The highest BCUT2D eigenvalue weighted by Crippen LogP contribution is 1.97. The van der Waals surface area contributed by atoms with Crippen LogP contribution in [-0.2, 0) is 0 Å². The second-order valence-electron chi connectivity index (χ2n) is 3.67. The molecular formula is C14H14N2O2. The van der Waals surface area contributed by atoms with Gasteiger partial charge >= 0.3 is 0 Å². The Labute approximate surface area is 105 Å². The Kier molecular flexibility index (Phi) is 4.30. The number of carbonyl (C=O) groups is 1. The van der Waals surface area contributed by atoms with Crippen LogP contribution in [0.4, 0.5) is 0 Å². The normalized spacial score (nSPS) is 10.7. The molecule has 1 heterocycles. The van der Waals surface area contributed by atoms with Gasteiger partial charge in [0.15, 0.2) is 0 Å². The first kappa shape index (κ1) is 12.1. The van der Waals surface area contributed by atoms with Gasteiger partial charge in [0.1, 0.15) is 5.76 Å². The van der Waals surface area contributed by atoms with Gasteiger partial charge in [-0.15, -0.1) is 0 Å². The van der Waals surface area contributed by atoms with Gasteiger partial charge in [-0.05, 0) is 24.3 Å². The number of aliphatic imine (C=N–C) groups is 1. The third kappa shape index (κ3) is 3.59. The molecule has 1 N–H and O–H groups in total. The first-order chi connectivity index (χ1) is 8.86. The van der Waals surface area contributed by atoms with E-state index < -0.39 is 0 Å². The van der Waals surface area contributed by atoms with Crippen LogP contribution in [0.15, 0.2) is 58.1 Å². The molecule has 2 rings (SSSR count). The minimum absolute atomic E-state index is 0.0798. The van der Waals surface area contributed by atoms with E-state index in [0.29, 0.717) is 24.4 Å². The predicted octanol–water partition coefficient (Wildman–Crippen LogP) is 2.13. The molecule has 92 valence electrons. The molecule has 0 saturated carbocycles. The largest absolute Gasteiger partial charge is 0.463 e. The Bertz CT molecular complexity index is 504. The van der Waals surface area contributed by atoms with Gasteiger partial charge < -0.3 is 9.73 Å². The lowest BCUT2D eigenvalue weighted by Crippen LogP contribution is -2.25. The minimum atomic E-state index is -0.0798. The quantitative estimate of drug-likeness (QED) is 0.645. The number of amides is 1. The number of furan rings is 1. The molecule has 2 aromatic rings. The Morgan fingerprint density at radius 1 is 1.22 bits per heavy atom. The second-order valence-corrected chi connectivity index (χ2v) is 3.67. The molecule has 0 atom stereocenters. The van der Waals surface area contributed by atoms with Crippen molar-refractivity contribution in [2.24, 2.45) is 4.99 Å². The molecule has 1 aromatic carbocycles.